The molecule has 0 spiro atoms. The van der Waals surface area contributed by atoms with E-state index in [1.165, 1.54) is 50.9 Å². The fourth-order valence-corrected chi connectivity index (χ4v) is 4.20. The zero-order valence-electron chi connectivity index (χ0n) is 16.6. The maximum Gasteiger partial charge on any atom is 0.229 e. The number of benzene rings is 1. The second-order valence-electron chi connectivity index (χ2n) is 8.10. The van der Waals surface area contributed by atoms with Crippen molar-refractivity contribution in [3.05, 3.63) is 36.0 Å². The molecule has 1 N–H and O–H groups in total. The minimum Gasteiger partial charge on any atom is -0.372 e. The molecule has 2 aliphatic rings. The lowest BCUT2D eigenvalue weighted by Gasteiger charge is -2.32. The van der Waals surface area contributed by atoms with Gasteiger partial charge in [-0.05, 0) is 69.2 Å². The summed E-state index contributed by atoms with van der Waals surface area (Å²) < 4.78 is 0. The number of rotatable bonds is 4. The average Bonchev–Trinajstić information content (AvgIpc) is 2.69. The molecule has 0 bridgehead atoms. The van der Waals surface area contributed by atoms with Crippen molar-refractivity contribution in [2.75, 3.05) is 41.3 Å². The second kappa shape index (κ2) is 8.15. The summed E-state index contributed by atoms with van der Waals surface area (Å²) in [7, 11) is 0. The molecule has 1 atom stereocenters. The van der Waals surface area contributed by atoms with Crippen molar-refractivity contribution < 1.29 is 0 Å². The maximum absolute atomic E-state index is 4.79. The number of nitrogens with one attached hydrogen (secondary N) is 1. The highest BCUT2D eigenvalue weighted by molar-refractivity contribution is 5.60. The number of hydrogen-bond donors (Lipinski definition) is 1. The lowest BCUT2D eigenvalue weighted by Crippen LogP contribution is -2.35. The van der Waals surface area contributed by atoms with Gasteiger partial charge in [0.2, 0.25) is 5.95 Å². The number of piperidine rings is 2. The third kappa shape index (κ3) is 4.52. The van der Waals surface area contributed by atoms with Crippen LogP contribution < -0.4 is 15.1 Å². The Morgan fingerprint density at radius 1 is 0.926 bits per heavy atom. The van der Waals surface area contributed by atoms with E-state index in [-0.39, 0.29) is 0 Å². The molecule has 2 aromatic rings. The fourth-order valence-electron chi connectivity index (χ4n) is 4.20. The van der Waals surface area contributed by atoms with Crippen LogP contribution in [-0.2, 0) is 0 Å². The second-order valence-corrected chi connectivity index (χ2v) is 8.10. The predicted molar refractivity (Wildman–Crippen MR) is 113 cm³/mol. The largest absolute Gasteiger partial charge is 0.372 e. The van der Waals surface area contributed by atoms with E-state index in [1.807, 2.05) is 6.92 Å². The van der Waals surface area contributed by atoms with Crippen LogP contribution in [0.3, 0.4) is 0 Å². The van der Waals surface area contributed by atoms with Crippen molar-refractivity contribution in [1.29, 1.82) is 0 Å². The standard InChI is InChI=1S/C22H31N5/c1-17-7-6-14-27(16-17)21-15-18(2)23-22(25-21)24-19-8-10-20(11-9-19)26-12-4-3-5-13-26/h8-11,15,17H,3-7,12-14,16H2,1-2H3,(H,23,24,25). The lowest BCUT2D eigenvalue weighted by molar-refractivity contribution is 0.444. The molecule has 2 aliphatic heterocycles. The molecule has 0 aliphatic carbocycles. The number of aromatic nitrogens is 2. The van der Waals surface area contributed by atoms with Crippen LogP contribution in [0, 0.1) is 12.8 Å². The Balaban J connectivity index is 1.47. The summed E-state index contributed by atoms with van der Waals surface area (Å²) in [4.78, 5) is 14.3. The van der Waals surface area contributed by atoms with Gasteiger partial charge in [0.1, 0.15) is 5.82 Å². The summed E-state index contributed by atoms with van der Waals surface area (Å²) in [6.45, 7) is 8.88. The average molecular weight is 366 g/mol. The Morgan fingerprint density at radius 3 is 2.41 bits per heavy atom. The van der Waals surface area contributed by atoms with Crippen LogP contribution in [0.25, 0.3) is 0 Å². The SMILES string of the molecule is Cc1cc(N2CCCC(C)C2)nc(Nc2ccc(N3CCCCC3)cc2)n1. The normalized spacial score (nSPS) is 20.6. The molecule has 2 fully saturated rings. The van der Waals surface area contributed by atoms with Crippen LogP contribution in [0.2, 0.25) is 0 Å². The number of hydrogen-bond acceptors (Lipinski definition) is 5. The van der Waals surface area contributed by atoms with E-state index < -0.39 is 0 Å². The van der Waals surface area contributed by atoms with E-state index in [2.05, 4.69) is 57.4 Å². The first-order chi connectivity index (χ1) is 13.2. The number of anilines is 4. The Labute approximate surface area is 162 Å². The summed E-state index contributed by atoms with van der Waals surface area (Å²) in [5, 5.41) is 3.40. The molecule has 2 saturated heterocycles. The lowest BCUT2D eigenvalue weighted by atomic mass is 10.0. The highest BCUT2D eigenvalue weighted by Crippen LogP contribution is 2.25. The van der Waals surface area contributed by atoms with Gasteiger partial charge >= 0.3 is 0 Å². The summed E-state index contributed by atoms with van der Waals surface area (Å²) in [6.07, 6.45) is 6.52. The molecule has 1 aromatic carbocycles. The van der Waals surface area contributed by atoms with Crippen LogP contribution in [0.15, 0.2) is 30.3 Å². The number of nitrogens with zero attached hydrogens (tertiary/aromatic N) is 4. The molecule has 3 heterocycles. The molecule has 5 heteroatoms. The summed E-state index contributed by atoms with van der Waals surface area (Å²) in [5.41, 5.74) is 3.36. The predicted octanol–water partition coefficient (Wildman–Crippen LogP) is 4.76. The van der Waals surface area contributed by atoms with Gasteiger partial charge in [0, 0.05) is 49.3 Å². The van der Waals surface area contributed by atoms with Crippen molar-refractivity contribution in [1.82, 2.24) is 9.97 Å². The van der Waals surface area contributed by atoms with Gasteiger partial charge in [0.15, 0.2) is 0 Å². The van der Waals surface area contributed by atoms with Gasteiger partial charge in [-0.15, -0.1) is 0 Å². The molecule has 1 aromatic heterocycles. The van der Waals surface area contributed by atoms with Crippen LogP contribution in [-0.4, -0.2) is 36.1 Å². The molecule has 0 saturated carbocycles. The molecule has 0 radical (unpaired) electrons. The first kappa shape index (κ1) is 18.1. The first-order valence-electron chi connectivity index (χ1n) is 10.4. The summed E-state index contributed by atoms with van der Waals surface area (Å²) >= 11 is 0. The molecule has 27 heavy (non-hydrogen) atoms. The van der Waals surface area contributed by atoms with Gasteiger partial charge in [0.05, 0.1) is 0 Å². The molecule has 1 unspecified atom stereocenters. The molecule has 0 amide bonds. The highest BCUT2D eigenvalue weighted by Gasteiger charge is 2.18. The number of aryl methyl sites for hydroxylation is 1. The van der Waals surface area contributed by atoms with Gasteiger partial charge in [-0.2, -0.15) is 4.98 Å². The first-order valence-corrected chi connectivity index (χ1v) is 10.4. The minimum atomic E-state index is 0.689. The Morgan fingerprint density at radius 2 is 1.67 bits per heavy atom. The van der Waals surface area contributed by atoms with Gasteiger partial charge in [-0.3, -0.25) is 0 Å². The summed E-state index contributed by atoms with van der Waals surface area (Å²) in [5.74, 6) is 2.46. The molecule has 144 valence electrons. The van der Waals surface area contributed by atoms with Crippen molar-refractivity contribution in [3.8, 4) is 0 Å². The fraction of sp³-hybridized carbons (Fsp3) is 0.545. The smallest absolute Gasteiger partial charge is 0.229 e. The molecular weight excluding hydrogens is 334 g/mol. The van der Waals surface area contributed by atoms with E-state index in [9.17, 15) is 0 Å². The van der Waals surface area contributed by atoms with Gasteiger partial charge < -0.3 is 15.1 Å². The maximum atomic E-state index is 4.79. The van der Waals surface area contributed by atoms with E-state index in [4.69, 9.17) is 4.98 Å². The van der Waals surface area contributed by atoms with Crippen molar-refractivity contribution in [2.45, 2.75) is 46.0 Å². The van der Waals surface area contributed by atoms with Crippen LogP contribution >= 0.6 is 0 Å². The van der Waals surface area contributed by atoms with Gasteiger partial charge in [0.25, 0.3) is 0 Å². The van der Waals surface area contributed by atoms with E-state index >= 15 is 0 Å². The Bertz CT molecular complexity index is 752. The molecule has 5 nitrogen and oxygen atoms in total. The van der Waals surface area contributed by atoms with Crippen molar-refractivity contribution in [2.24, 2.45) is 5.92 Å². The molecular formula is C22H31N5. The zero-order chi connectivity index (χ0) is 18.6. The highest BCUT2D eigenvalue weighted by atomic mass is 15.2. The Hall–Kier alpha value is -2.30. The topological polar surface area (TPSA) is 44.3 Å². The van der Waals surface area contributed by atoms with E-state index in [0.717, 1.165) is 36.2 Å². The van der Waals surface area contributed by atoms with E-state index in [1.54, 1.807) is 0 Å². The zero-order valence-corrected chi connectivity index (χ0v) is 16.6. The van der Waals surface area contributed by atoms with E-state index in [0.29, 0.717) is 5.95 Å². The molecule has 4 rings (SSSR count). The monoisotopic (exact) mass is 365 g/mol. The van der Waals surface area contributed by atoms with Crippen molar-refractivity contribution in [3.63, 3.8) is 0 Å². The van der Waals surface area contributed by atoms with Crippen LogP contribution in [0.4, 0.5) is 23.1 Å². The van der Waals surface area contributed by atoms with Gasteiger partial charge in [-0.25, -0.2) is 4.98 Å². The third-order valence-electron chi connectivity index (χ3n) is 5.67. The van der Waals surface area contributed by atoms with Gasteiger partial charge in [-0.1, -0.05) is 6.92 Å². The quantitative estimate of drug-likeness (QED) is 0.847. The van der Waals surface area contributed by atoms with Crippen LogP contribution in [0.1, 0.15) is 44.7 Å². The Kier molecular flexibility index (Phi) is 5.46. The third-order valence-corrected chi connectivity index (χ3v) is 5.67. The van der Waals surface area contributed by atoms with Crippen LogP contribution in [0.5, 0.6) is 0 Å². The van der Waals surface area contributed by atoms with Crippen molar-refractivity contribution >= 4 is 23.1 Å². The minimum absolute atomic E-state index is 0.689. The summed E-state index contributed by atoms with van der Waals surface area (Å²) in [6, 6.07) is 10.8.